The standard InChI is InChI=1S/C21H21BrN4S/c22-18-10-8-17(9-11-18)20-15-27-21(25-19-6-2-1-3-7-19)26(20)24-14-16-5-4-12-23-13-16/h4-5,8-15,19H,1-3,6-7H2. The average molecular weight is 441 g/mol. The molecule has 1 aromatic carbocycles. The molecule has 0 amide bonds. The highest BCUT2D eigenvalue weighted by molar-refractivity contribution is 9.10. The summed E-state index contributed by atoms with van der Waals surface area (Å²) in [5.74, 6) is 0. The van der Waals surface area contributed by atoms with E-state index in [1.165, 1.54) is 32.1 Å². The molecule has 0 atom stereocenters. The van der Waals surface area contributed by atoms with E-state index in [2.05, 4.69) is 50.6 Å². The van der Waals surface area contributed by atoms with Gasteiger partial charge in [0.1, 0.15) is 0 Å². The Morgan fingerprint density at radius 3 is 2.67 bits per heavy atom. The topological polar surface area (TPSA) is 42.5 Å². The molecule has 0 unspecified atom stereocenters. The molecule has 138 valence electrons. The van der Waals surface area contributed by atoms with E-state index in [0.29, 0.717) is 6.04 Å². The summed E-state index contributed by atoms with van der Waals surface area (Å²) in [5.41, 5.74) is 3.16. The number of nitrogens with zero attached hydrogens (tertiary/aromatic N) is 4. The van der Waals surface area contributed by atoms with E-state index >= 15 is 0 Å². The molecule has 6 heteroatoms. The van der Waals surface area contributed by atoms with Gasteiger partial charge >= 0.3 is 0 Å². The minimum atomic E-state index is 0.412. The zero-order valence-electron chi connectivity index (χ0n) is 15.0. The fraction of sp³-hybridized carbons (Fsp3) is 0.286. The lowest BCUT2D eigenvalue weighted by molar-refractivity contribution is 0.435. The zero-order valence-corrected chi connectivity index (χ0v) is 17.4. The molecule has 0 aliphatic heterocycles. The Balaban J connectivity index is 1.76. The smallest absolute Gasteiger partial charge is 0.206 e. The van der Waals surface area contributed by atoms with Gasteiger partial charge in [0.2, 0.25) is 4.80 Å². The molecule has 4 nitrogen and oxygen atoms in total. The molecular formula is C21H21BrN4S. The van der Waals surface area contributed by atoms with E-state index in [1.807, 2.05) is 29.2 Å². The minimum Gasteiger partial charge on any atom is -0.264 e. The molecule has 0 saturated heterocycles. The van der Waals surface area contributed by atoms with Gasteiger partial charge in [0.05, 0.1) is 18.0 Å². The van der Waals surface area contributed by atoms with Crippen LogP contribution in [-0.2, 0) is 0 Å². The maximum atomic E-state index is 5.04. The normalized spacial score (nSPS) is 16.3. The van der Waals surface area contributed by atoms with Gasteiger partial charge in [-0.25, -0.2) is 4.68 Å². The first-order valence-electron chi connectivity index (χ1n) is 9.24. The van der Waals surface area contributed by atoms with Crippen molar-refractivity contribution in [2.45, 2.75) is 38.1 Å². The maximum Gasteiger partial charge on any atom is 0.206 e. The Morgan fingerprint density at radius 2 is 1.93 bits per heavy atom. The first-order valence-corrected chi connectivity index (χ1v) is 10.9. The number of hydrogen-bond donors (Lipinski definition) is 0. The van der Waals surface area contributed by atoms with Crippen LogP contribution in [0.4, 0.5) is 0 Å². The molecule has 3 aromatic rings. The third-order valence-corrected chi connectivity index (χ3v) is 6.06. The SMILES string of the molecule is Brc1ccc(-c2csc(=NC3CCCCC3)n2N=Cc2cccnc2)cc1. The first-order chi connectivity index (χ1) is 13.3. The van der Waals surface area contributed by atoms with Crippen molar-refractivity contribution in [3.8, 4) is 11.3 Å². The monoisotopic (exact) mass is 440 g/mol. The summed E-state index contributed by atoms with van der Waals surface area (Å²) in [5, 5.41) is 6.90. The third-order valence-electron chi connectivity index (χ3n) is 4.70. The summed E-state index contributed by atoms with van der Waals surface area (Å²) < 4.78 is 3.04. The van der Waals surface area contributed by atoms with Crippen molar-refractivity contribution in [3.63, 3.8) is 0 Å². The number of thiazole rings is 1. The summed E-state index contributed by atoms with van der Waals surface area (Å²) in [6, 6.07) is 12.7. The molecule has 0 spiro atoms. The van der Waals surface area contributed by atoms with Crippen molar-refractivity contribution >= 4 is 33.5 Å². The average Bonchev–Trinajstić information content (AvgIpc) is 3.11. The highest BCUT2D eigenvalue weighted by atomic mass is 79.9. The Morgan fingerprint density at radius 1 is 1.11 bits per heavy atom. The molecule has 2 aromatic heterocycles. The van der Waals surface area contributed by atoms with Gasteiger partial charge in [0.25, 0.3) is 0 Å². The number of aromatic nitrogens is 2. The summed E-state index contributed by atoms with van der Waals surface area (Å²) in [6.07, 6.45) is 11.7. The van der Waals surface area contributed by atoms with Gasteiger partial charge < -0.3 is 0 Å². The van der Waals surface area contributed by atoms with E-state index in [-0.39, 0.29) is 0 Å². The Bertz CT molecular complexity index is 967. The highest BCUT2D eigenvalue weighted by Gasteiger charge is 2.14. The van der Waals surface area contributed by atoms with Crippen LogP contribution in [0, 0.1) is 0 Å². The minimum absolute atomic E-state index is 0.412. The molecule has 1 aliphatic carbocycles. The molecule has 4 rings (SSSR count). The van der Waals surface area contributed by atoms with Crippen molar-refractivity contribution in [1.29, 1.82) is 0 Å². The van der Waals surface area contributed by atoms with Gasteiger partial charge in [0.15, 0.2) is 0 Å². The van der Waals surface area contributed by atoms with Crippen LogP contribution in [0.5, 0.6) is 0 Å². The van der Waals surface area contributed by atoms with E-state index < -0.39 is 0 Å². The second-order valence-electron chi connectivity index (χ2n) is 6.67. The molecule has 0 bridgehead atoms. The fourth-order valence-corrected chi connectivity index (χ4v) is 4.43. The van der Waals surface area contributed by atoms with Crippen molar-refractivity contribution in [1.82, 2.24) is 9.66 Å². The molecule has 1 saturated carbocycles. The number of halogens is 1. The summed E-state index contributed by atoms with van der Waals surface area (Å²) in [4.78, 5) is 10.2. The van der Waals surface area contributed by atoms with Crippen LogP contribution >= 0.6 is 27.3 Å². The molecule has 0 radical (unpaired) electrons. The molecule has 0 N–H and O–H groups in total. The molecule has 27 heavy (non-hydrogen) atoms. The number of hydrogen-bond acceptors (Lipinski definition) is 4. The van der Waals surface area contributed by atoms with Crippen LogP contribution in [-0.4, -0.2) is 21.9 Å². The van der Waals surface area contributed by atoms with Crippen molar-refractivity contribution in [2.24, 2.45) is 10.1 Å². The molecule has 1 fully saturated rings. The maximum absolute atomic E-state index is 5.04. The number of pyridine rings is 1. The highest BCUT2D eigenvalue weighted by Crippen LogP contribution is 2.24. The van der Waals surface area contributed by atoms with Gasteiger partial charge in [0, 0.05) is 33.4 Å². The summed E-state index contributed by atoms with van der Waals surface area (Å²) >= 11 is 5.17. The second-order valence-corrected chi connectivity index (χ2v) is 8.43. The number of benzene rings is 1. The molecule has 1 aliphatic rings. The fourth-order valence-electron chi connectivity index (χ4n) is 3.26. The van der Waals surface area contributed by atoms with E-state index in [1.54, 1.807) is 17.5 Å². The predicted molar refractivity (Wildman–Crippen MR) is 115 cm³/mol. The van der Waals surface area contributed by atoms with E-state index in [9.17, 15) is 0 Å². The van der Waals surface area contributed by atoms with Crippen LogP contribution in [0.25, 0.3) is 11.3 Å². The Labute approximate surface area is 171 Å². The number of rotatable bonds is 4. The van der Waals surface area contributed by atoms with Crippen LogP contribution in [0.3, 0.4) is 0 Å². The van der Waals surface area contributed by atoms with Gasteiger partial charge in [-0.3, -0.25) is 9.98 Å². The lowest BCUT2D eigenvalue weighted by atomic mass is 9.96. The Hall–Kier alpha value is -2.05. The third kappa shape index (κ3) is 4.62. The summed E-state index contributed by atoms with van der Waals surface area (Å²) in [7, 11) is 0. The van der Waals surface area contributed by atoms with Gasteiger partial charge in [-0.05, 0) is 31.0 Å². The lowest BCUT2D eigenvalue weighted by Crippen LogP contribution is -2.19. The van der Waals surface area contributed by atoms with Gasteiger partial charge in [-0.15, -0.1) is 11.3 Å². The van der Waals surface area contributed by atoms with Crippen molar-refractivity contribution in [3.05, 3.63) is 69.0 Å². The zero-order chi connectivity index (χ0) is 18.5. The van der Waals surface area contributed by atoms with Gasteiger partial charge in [-0.1, -0.05) is 53.4 Å². The van der Waals surface area contributed by atoms with Crippen LogP contribution in [0.2, 0.25) is 0 Å². The van der Waals surface area contributed by atoms with Crippen molar-refractivity contribution in [2.75, 3.05) is 0 Å². The van der Waals surface area contributed by atoms with Gasteiger partial charge in [-0.2, -0.15) is 5.10 Å². The molecular weight excluding hydrogens is 420 g/mol. The predicted octanol–water partition coefficient (Wildman–Crippen LogP) is 5.49. The van der Waals surface area contributed by atoms with Crippen LogP contribution < -0.4 is 4.80 Å². The lowest BCUT2D eigenvalue weighted by Gasteiger charge is -2.16. The van der Waals surface area contributed by atoms with Crippen LogP contribution in [0.15, 0.2) is 68.7 Å². The largest absolute Gasteiger partial charge is 0.264 e. The Kier molecular flexibility index (Phi) is 5.94. The van der Waals surface area contributed by atoms with E-state index in [0.717, 1.165) is 26.1 Å². The second kappa shape index (κ2) is 8.76. The van der Waals surface area contributed by atoms with E-state index in [4.69, 9.17) is 10.1 Å². The quantitative estimate of drug-likeness (QED) is 0.494. The van der Waals surface area contributed by atoms with Crippen LogP contribution in [0.1, 0.15) is 37.7 Å². The summed E-state index contributed by atoms with van der Waals surface area (Å²) in [6.45, 7) is 0. The molecule has 2 heterocycles. The first kappa shape index (κ1) is 18.3. The van der Waals surface area contributed by atoms with Crippen molar-refractivity contribution < 1.29 is 0 Å².